The van der Waals surface area contributed by atoms with Crippen LogP contribution in [-0.2, 0) is 16.1 Å². The van der Waals surface area contributed by atoms with E-state index in [2.05, 4.69) is 15.6 Å². The maximum absolute atomic E-state index is 12.1. The molecule has 1 saturated heterocycles. The van der Waals surface area contributed by atoms with Gasteiger partial charge in [0.15, 0.2) is 0 Å². The van der Waals surface area contributed by atoms with Crippen molar-refractivity contribution in [3.63, 3.8) is 0 Å². The maximum Gasteiger partial charge on any atom is 0.250 e. The van der Waals surface area contributed by atoms with E-state index in [1.807, 2.05) is 37.3 Å². The zero-order valence-corrected chi connectivity index (χ0v) is 14.5. The highest BCUT2D eigenvalue weighted by atomic mass is 35.5. The molecule has 1 aromatic heterocycles. The number of hydrogen-bond acceptors (Lipinski definition) is 5. The maximum atomic E-state index is 12.1. The standard InChI is InChI=1S/C16H19N3O2S.ClH/c1-11-14(10-18-15(20)13-9-17-7-8-21-13)22-16(19-11)12-5-3-2-4-6-12;/h2-6,13,17H,7-10H2,1H3,(H,18,20);1H. The van der Waals surface area contributed by atoms with Crippen LogP contribution in [0.1, 0.15) is 10.6 Å². The molecule has 124 valence electrons. The first-order valence-electron chi connectivity index (χ1n) is 7.36. The first-order chi connectivity index (χ1) is 10.7. The fourth-order valence-corrected chi connectivity index (χ4v) is 3.32. The molecule has 2 aromatic rings. The second kappa shape index (κ2) is 8.40. The summed E-state index contributed by atoms with van der Waals surface area (Å²) in [5.41, 5.74) is 2.07. The van der Waals surface area contributed by atoms with Crippen molar-refractivity contribution in [2.45, 2.75) is 19.6 Å². The van der Waals surface area contributed by atoms with Gasteiger partial charge in [0.1, 0.15) is 11.1 Å². The highest BCUT2D eigenvalue weighted by Crippen LogP contribution is 2.27. The Kier molecular flexibility index (Phi) is 6.53. The van der Waals surface area contributed by atoms with Gasteiger partial charge in [0.05, 0.1) is 18.8 Å². The van der Waals surface area contributed by atoms with Gasteiger partial charge in [-0.25, -0.2) is 4.98 Å². The molecule has 0 saturated carbocycles. The summed E-state index contributed by atoms with van der Waals surface area (Å²) >= 11 is 1.62. The molecule has 0 spiro atoms. The summed E-state index contributed by atoms with van der Waals surface area (Å²) in [7, 11) is 0. The number of aryl methyl sites for hydroxylation is 1. The molecule has 2 N–H and O–H groups in total. The molecule has 0 aliphatic carbocycles. The summed E-state index contributed by atoms with van der Waals surface area (Å²) in [4.78, 5) is 17.7. The van der Waals surface area contributed by atoms with Crippen LogP contribution in [-0.4, -0.2) is 36.7 Å². The molecule has 23 heavy (non-hydrogen) atoms. The van der Waals surface area contributed by atoms with Gasteiger partial charge in [-0.2, -0.15) is 0 Å². The second-order valence-corrected chi connectivity index (χ2v) is 6.26. The van der Waals surface area contributed by atoms with Crippen LogP contribution in [0.15, 0.2) is 30.3 Å². The second-order valence-electron chi connectivity index (χ2n) is 5.17. The molecular weight excluding hydrogens is 334 g/mol. The Morgan fingerprint density at radius 3 is 2.91 bits per heavy atom. The fourth-order valence-electron chi connectivity index (χ4n) is 2.31. The normalized spacial score (nSPS) is 17.3. The number of carbonyl (C=O) groups excluding carboxylic acids is 1. The van der Waals surface area contributed by atoms with Crippen molar-refractivity contribution in [1.82, 2.24) is 15.6 Å². The number of nitrogens with one attached hydrogen (secondary N) is 2. The van der Waals surface area contributed by atoms with Crippen molar-refractivity contribution in [3.05, 3.63) is 40.9 Å². The molecule has 1 aliphatic rings. The van der Waals surface area contributed by atoms with Crippen molar-refractivity contribution in [1.29, 1.82) is 0 Å². The average Bonchev–Trinajstić information content (AvgIpc) is 2.95. The van der Waals surface area contributed by atoms with E-state index in [9.17, 15) is 4.79 Å². The van der Waals surface area contributed by atoms with Crippen molar-refractivity contribution in [3.8, 4) is 10.6 Å². The summed E-state index contributed by atoms with van der Waals surface area (Å²) in [5, 5.41) is 7.08. The smallest absolute Gasteiger partial charge is 0.250 e. The molecule has 1 atom stereocenters. The van der Waals surface area contributed by atoms with Crippen LogP contribution in [0.2, 0.25) is 0 Å². The minimum absolute atomic E-state index is 0. The third kappa shape index (κ3) is 4.51. The first kappa shape index (κ1) is 17.9. The Bertz CT molecular complexity index is 642. The number of aromatic nitrogens is 1. The van der Waals surface area contributed by atoms with Crippen LogP contribution in [0.3, 0.4) is 0 Å². The van der Waals surface area contributed by atoms with Crippen molar-refractivity contribution >= 4 is 29.7 Å². The fraction of sp³-hybridized carbons (Fsp3) is 0.375. The number of carbonyl (C=O) groups is 1. The Balaban J connectivity index is 0.00000192. The third-order valence-electron chi connectivity index (χ3n) is 3.56. The Labute approximate surface area is 145 Å². The number of nitrogens with zero attached hydrogens (tertiary/aromatic N) is 1. The van der Waals surface area contributed by atoms with Crippen LogP contribution in [0.25, 0.3) is 10.6 Å². The molecule has 1 unspecified atom stereocenters. The first-order valence-corrected chi connectivity index (χ1v) is 8.17. The van der Waals surface area contributed by atoms with E-state index in [0.717, 1.165) is 27.7 Å². The summed E-state index contributed by atoms with van der Waals surface area (Å²) in [5.74, 6) is -0.0683. The molecule has 1 aliphatic heterocycles. The number of hydrogen-bond donors (Lipinski definition) is 2. The predicted molar refractivity (Wildman–Crippen MR) is 94.0 cm³/mol. The van der Waals surface area contributed by atoms with Crippen molar-refractivity contribution < 1.29 is 9.53 Å². The number of ether oxygens (including phenoxy) is 1. The quantitative estimate of drug-likeness (QED) is 0.884. The Hall–Kier alpha value is -1.47. The summed E-state index contributed by atoms with van der Waals surface area (Å²) < 4.78 is 5.45. The summed E-state index contributed by atoms with van der Waals surface area (Å²) in [6.07, 6.45) is -0.393. The monoisotopic (exact) mass is 353 g/mol. The lowest BCUT2D eigenvalue weighted by atomic mass is 10.2. The average molecular weight is 354 g/mol. The van der Waals surface area contributed by atoms with Gasteiger partial charge in [0, 0.05) is 23.5 Å². The molecule has 0 radical (unpaired) electrons. The lowest BCUT2D eigenvalue weighted by Crippen LogP contribution is -2.47. The molecule has 1 aromatic carbocycles. The number of halogens is 1. The van der Waals surface area contributed by atoms with E-state index < -0.39 is 6.10 Å². The van der Waals surface area contributed by atoms with E-state index in [0.29, 0.717) is 19.7 Å². The van der Waals surface area contributed by atoms with Gasteiger partial charge in [0.2, 0.25) is 0 Å². The van der Waals surface area contributed by atoms with Crippen LogP contribution in [0.5, 0.6) is 0 Å². The van der Waals surface area contributed by atoms with Gasteiger partial charge in [-0.3, -0.25) is 4.79 Å². The highest BCUT2D eigenvalue weighted by molar-refractivity contribution is 7.15. The van der Waals surface area contributed by atoms with Crippen LogP contribution in [0, 0.1) is 6.92 Å². The molecule has 7 heteroatoms. The topological polar surface area (TPSA) is 63.2 Å². The highest BCUT2D eigenvalue weighted by Gasteiger charge is 2.21. The van der Waals surface area contributed by atoms with Crippen LogP contribution < -0.4 is 10.6 Å². The van der Waals surface area contributed by atoms with E-state index in [4.69, 9.17) is 4.74 Å². The minimum atomic E-state index is -0.393. The molecular formula is C16H20ClN3O2S. The predicted octanol–water partition coefficient (Wildman–Crippen LogP) is 2.14. The molecule has 2 heterocycles. The van der Waals surface area contributed by atoms with Crippen LogP contribution in [0.4, 0.5) is 0 Å². The van der Waals surface area contributed by atoms with E-state index in [-0.39, 0.29) is 18.3 Å². The van der Waals surface area contributed by atoms with Crippen molar-refractivity contribution in [2.24, 2.45) is 0 Å². The minimum Gasteiger partial charge on any atom is -0.366 e. The lowest BCUT2D eigenvalue weighted by Gasteiger charge is -2.22. The van der Waals surface area contributed by atoms with Gasteiger partial charge >= 0.3 is 0 Å². The van der Waals surface area contributed by atoms with Gasteiger partial charge in [-0.1, -0.05) is 30.3 Å². The van der Waals surface area contributed by atoms with E-state index in [1.54, 1.807) is 11.3 Å². The number of morpholine rings is 1. The zero-order chi connectivity index (χ0) is 15.4. The molecule has 3 rings (SSSR count). The number of amides is 1. The van der Waals surface area contributed by atoms with Gasteiger partial charge in [0.25, 0.3) is 5.91 Å². The van der Waals surface area contributed by atoms with E-state index >= 15 is 0 Å². The summed E-state index contributed by atoms with van der Waals surface area (Å²) in [6, 6.07) is 10.1. The van der Waals surface area contributed by atoms with Gasteiger partial charge < -0.3 is 15.4 Å². The Morgan fingerprint density at radius 2 is 2.22 bits per heavy atom. The third-order valence-corrected chi connectivity index (χ3v) is 4.76. The van der Waals surface area contributed by atoms with Gasteiger partial charge in [-0.05, 0) is 6.92 Å². The number of benzene rings is 1. The number of thiazole rings is 1. The number of rotatable bonds is 4. The summed E-state index contributed by atoms with van der Waals surface area (Å²) in [6.45, 7) is 4.43. The lowest BCUT2D eigenvalue weighted by molar-refractivity contribution is -0.134. The largest absolute Gasteiger partial charge is 0.366 e. The zero-order valence-electron chi connectivity index (χ0n) is 12.9. The Morgan fingerprint density at radius 1 is 1.43 bits per heavy atom. The molecule has 0 bridgehead atoms. The molecule has 1 amide bonds. The molecule has 1 fully saturated rings. The van der Waals surface area contributed by atoms with Gasteiger partial charge in [-0.15, -0.1) is 23.7 Å². The SMILES string of the molecule is Cc1nc(-c2ccccc2)sc1CNC(=O)C1CNCCO1.Cl. The molecule has 5 nitrogen and oxygen atoms in total. The van der Waals surface area contributed by atoms with Crippen LogP contribution >= 0.6 is 23.7 Å². The van der Waals surface area contributed by atoms with Crippen molar-refractivity contribution in [2.75, 3.05) is 19.7 Å². The van der Waals surface area contributed by atoms with E-state index in [1.165, 1.54) is 0 Å².